The minimum atomic E-state index is 0.122. The standard InChI is InChI=1S/C18H21N/c1-2-3-10-16-11-7-12-17(18(16)19)14-13-15-8-5-4-6-9-15/h4-9,11-14,17,19H,2-3,10H2,1H3. The second kappa shape index (κ2) is 6.89. The molecule has 1 aliphatic rings. The highest BCUT2D eigenvalue weighted by Crippen LogP contribution is 2.21. The Balaban J connectivity index is 2.03. The van der Waals surface area contributed by atoms with Crippen LogP contribution in [0.25, 0.3) is 6.08 Å². The van der Waals surface area contributed by atoms with E-state index >= 15 is 0 Å². The summed E-state index contributed by atoms with van der Waals surface area (Å²) in [5.74, 6) is 0.122. The Kier molecular flexibility index (Phi) is 4.91. The van der Waals surface area contributed by atoms with E-state index in [1.807, 2.05) is 18.2 Å². The zero-order valence-electron chi connectivity index (χ0n) is 11.5. The van der Waals surface area contributed by atoms with E-state index in [1.54, 1.807) is 0 Å². The molecule has 0 aliphatic heterocycles. The van der Waals surface area contributed by atoms with Crippen molar-refractivity contribution < 1.29 is 0 Å². The molecular weight excluding hydrogens is 230 g/mol. The summed E-state index contributed by atoms with van der Waals surface area (Å²) >= 11 is 0. The van der Waals surface area contributed by atoms with Gasteiger partial charge in [0.1, 0.15) is 0 Å². The SMILES string of the molecule is CCCCC1=CC=CC(C=Cc2ccccc2)C1=N. The Hall–Kier alpha value is -1.89. The summed E-state index contributed by atoms with van der Waals surface area (Å²) < 4.78 is 0. The van der Waals surface area contributed by atoms with Gasteiger partial charge < -0.3 is 5.41 Å². The van der Waals surface area contributed by atoms with Crippen molar-refractivity contribution in [1.29, 1.82) is 5.41 Å². The first-order valence-electron chi connectivity index (χ1n) is 7.00. The maximum atomic E-state index is 8.28. The maximum absolute atomic E-state index is 8.28. The van der Waals surface area contributed by atoms with Crippen LogP contribution >= 0.6 is 0 Å². The minimum Gasteiger partial charge on any atom is -0.304 e. The van der Waals surface area contributed by atoms with Crippen LogP contribution in [-0.2, 0) is 0 Å². The molecule has 0 spiro atoms. The topological polar surface area (TPSA) is 23.9 Å². The lowest BCUT2D eigenvalue weighted by Crippen LogP contribution is -2.14. The van der Waals surface area contributed by atoms with Gasteiger partial charge in [0.05, 0.1) is 0 Å². The first-order valence-corrected chi connectivity index (χ1v) is 7.00. The van der Waals surface area contributed by atoms with Gasteiger partial charge in [-0.1, -0.05) is 74.1 Å². The number of hydrogen-bond donors (Lipinski definition) is 1. The fraction of sp³-hybridized carbons (Fsp3) is 0.278. The lowest BCUT2D eigenvalue weighted by atomic mass is 9.88. The molecule has 1 N–H and O–H groups in total. The molecule has 0 aromatic heterocycles. The van der Waals surface area contributed by atoms with Gasteiger partial charge in [-0.25, -0.2) is 0 Å². The molecule has 1 aromatic rings. The van der Waals surface area contributed by atoms with Gasteiger partial charge in [0.15, 0.2) is 0 Å². The average Bonchev–Trinajstić information content (AvgIpc) is 2.46. The lowest BCUT2D eigenvalue weighted by Gasteiger charge is -2.17. The third-order valence-electron chi connectivity index (χ3n) is 3.39. The average molecular weight is 251 g/mol. The lowest BCUT2D eigenvalue weighted by molar-refractivity contribution is 0.796. The molecule has 2 rings (SSSR count). The van der Waals surface area contributed by atoms with Crippen LogP contribution in [0.3, 0.4) is 0 Å². The van der Waals surface area contributed by atoms with Crippen molar-refractivity contribution in [3.05, 3.63) is 65.8 Å². The van der Waals surface area contributed by atoms with Crippen molar-refractivity contribution in [2.45, 2.75) is 26.2 Å². The van der Waals surface area contributed by atoms with Gasteiger partial charge in [0, 0.05) is 11.6 Å². The van der Waals surface area contributed by atoms with Gasteiger partial charge >= 0.3 is 0 Å². The van der Waals surface area contributed by atoms with Gasteiger partial charge in [-0.05, 0) is 24.0 Å². The van der Waals surface area contributed by atoms with Crippen LogP contribution in [0.2, 0.25) is 0 Å². The Bertz CT molecular complexity index is 506. The summed E-state index contributed by atoms with van der Waals surface area (Å²) in [7, 11) is 0. The van der Waals surface area contributed by atoms with E-state index in [2.05, 4.69) is 49.4 Å². The smallest absolute Gasteiger partial charge is 0.0452 e. The van der Waals surface area contributed by atoms with Gasteiger partial charge in [-0.3, -0.25) is 0 Å². The minimum absolute atomic E-state index is 0.122. The quantitative estimate of drug-likeness (QED) is 0.759. The Morgan fingerprint density at radius 2 is 2.00 bits per heavy atom. The molecule has 0 fully saturated rings. The van der Waals surface area contributed by atoms with E-state index in [1.165, 1.54) is 17.6 Å². The number of hydrogen-bond acceptors (Lipinski definition) is 1. The third kappa shape index (κ3) is 3.78. The Morgan fingerprint density at radius 3 is 2.74 bits per heavy atom. The predicted molar refractivity (Wildman–Crippen MR) is 83.4 cm³/mol. The predicted octanol–water partition coefficient (Wildman–Crippen LogP) is 5.02. The molecule has 1 aliphatic carbocycles. The van der Waals surface area contributed by atoms with Crippen LogP contribution in [-0.4, -0.2) is 5.71 Å². The van der Waals surface area contributed by atoms with E-state index in [9.17, 15) is 0 Å². The molecule has 1 atom stereocenters. The molecule has 1 unspecified atom stereocenters. The van der Waals surface area contributed by atoms with Crippen LogP contribution in [0.1, 0.15) is 31.7 Å². The van der Waals surface area contributed by atoms with Crippen LogP contribution in [0.5, 0.6) is 0 Å². The highest BCUT2D eigenvalue weighted by molar-refractivity contribution is 6.03. The summed E-state index contributed by atoms with van der Waals surface area (Å²) in [4.78, 5) is 0. The van der Waals surface area contributed by atoms with Crippen molar-refractivity contribution >= 4 is 11.8 Å². The van der Waals surface area contributed by atoms with Crippen LogP contribution in [0.15, 0.2) is 60.2 Å². The van der Waals surface area contributed by atoms with E-state index < -0.39 is 0 Å². The zero-order valence-corrected chi connectivity index (χ0v) is 11.5. The highest BCUT2D eigenvalue weighted by atomic mass is 14.5. The molecule has 1 heteroatoms. The van der Waals surface area contributed by atoms with Crippen molar-refractivity contribution in [3.63, 3.8) is 0 Å². The van der Waals surface area contributed by atoms with Gasteiger partial charge in [0.25, 0.3) is 0 Å². The van der Waals surface area contributed by atoms with Crippen LogP contribution in [0.4, 0.5) is 0 Å². The fourth-order valence-corrected chi connectivity index (χ4v) is 2.22. The van der Waals surface area contributed by atoms with E-state index in [-0.39, 0.29) is 5.92 Å². The van der Waals surface area contributed by atoms with Crippen molar-refractivity contribution in [2.24, 2.45) is 5.92 Å². The number of nitrogens with one attached hydrogen (secondary N) is 1. The van der Waals surface area contributed by atoms with E-state index in [4.69, 9.17) is 5.41 Å². The summed E-state index contributed by atoms with van der Waals surface area (Å²) in [5.41, 5.74) is 3.13. The molecule has 98 valence electrons. The first kappa shape index (κ1) is 13.5. The normalized spacial score (nSPS) is 18.9. The van der Waals surface area contributed by atoms with Crippen molar-refractivity contribution in [1.82, 2.24) is 0 Å². The summed E-state index contributed by atoms with van der Waals surface area (Å²) in [5, 5.41) is 8.28. The molecule has 0 bridgehead atoms. The summed E-state index contributed by atoms with van der Waals surface area (Å²) in [6, 6.07) is 10.3. The molecule has 1 nitrogen and oxygen atoms in total. The summed E-state index contributed by atoms with van der Waals surface area (Å²) in [6.07, 6.45) is 13.9. The van der Waals surface area contributed by atoms with Gasteiger partial charge in [-0.15, -0.1) is 0 Å². The molecule has 1 aromatic carbocycles. The Morgan fingerprint density at radius 1 is 1.21 bits per heavy atom. The van der Waals surface area contributed by atoms with Crippen molar-refractivity contribution in [3.8, 4) is 0 Å². The van der Waals surface area contributed by atoms with E-state index in [0.717, 1.165) is 18.6 Å². The number of rotatable bonds is 5. The molecule has 19 heavy (non-hydrogen) atoms. The van der Waals surface area contributed by atoms with Gasteiger partial charge in [-0.2, -0.15) is 0 Å². The summed E-state index contributed by atoms with van der Waals surface area (Å²) in [6.45, 7) is 2.19. The molecule has 0 saturated carbocycles. The number of allylic oxidation sites excluding steroid dienone is 5. The second-order valence-electron chi connectivity index (χ2n) is 4.89. The van der Waals surface area contributed by atoms with Gasteiger partial charge in [0.2, 0.25) is 0 Å². The van der Waals surface area contributed by atoms with Crippen LogP contribution < -0.4 is 0 Å². The maximum Gasteiger partial charge on any atom is 0.0452 e. The highest BCUT2D eigenvalue weighted by Gasteiger charge is 2.15. The van der Waals surface area contributed by atoms with E-state index in [0.29, 0.717) is 0 Å². The molecule has 0 amide bonds. The first-order chi connectivity index (χ1) is 9.31. The third-order valence-corrected chi connectivity index (χ3v) is 3.39. The number of benzene rings is 1. The van der Waals surface area contributed by atoms with Crippen molar-refractivity contribution in [2.75, 3.05) is 0 Å². The fourth-order valence-electron chi connectivity index (χ4n) is 2.22. The number of unbranched alkanes of at least 4 members (excludes halogenated alkanes) is 1. The molecule has 0 heterocycles. The second-order valence-corrected chi connectivity index (χ2v) is 4.89. The Labute approximate surface area is 115 Å². The molecule has 0 radical (unpaired) electrons. The van der Waals surface area contributed by atoms with Crippen LogP contribution in [0, 0.1) is 11.3 Å². The molecule has 0 saturated heterocycles. The molecular formula is C18H21N. The zero-order chi connectivity index (χ0) is 13.5. The largest absolute Gasteiger partial charge is 0.304 e. The monoisotopic (exact) mass is 251 g/mol.